The number of nitrogens with zero attached hydrogens (tertiary/aromatic N) is 4. The van der Waals surface area contributed by atoms with Crippen LogP contribution < -0.4 is 4.90 Å². The summed E-state index contributed by atoms with van der Waals surface area (Å²) in [6.07, 6.45) is 3.25. The first-order valence-electron chi connectivity index (χ1n) is 8.18. The van der Waals surface area contributed by atoms with Crippen LogP contribution in [0.25, 0.3) is 22.8 Å². The van der Waals surface area contributed by atoms with E-state index in [2.05, 4.69) is 20.0 Å². The van der Waals surface area contributed by atoms with Gasteiger partial charge in [0, 0.05) is 29.9 Å². The van der Waals surface area contributed by atoms with E-state index in [-0.39, 0.29) is 6.10 Å². The summed E-state index contributed by atoms with van der Waals surface area (Å²) in [4.78, 5) is 11.0. The maximum Gasteiger partial charge on any atom is 0.259 e. The average molecular weight is 357 g/mol. The molecule has 1 aromatic carbocycles. The first-order chi connectivity index (χ1) is 12.2. The van der Waals surface area contributed by atoms with Crippen LogP contribution in [0.1, 0.15) is 12.8 Å². The Morgan fingerprint density at radius 3 is 2.88 bits per heavy atom. The molecule has 7 heteroatoms. The number of halogens is 1. The van der Waals surface area contributed by atoms with Crippen LogP contribution in [0.2, 0.25) is 5.02 Å². The third kappa shape index (κ3) is 3.50. The van der Waals surface area contributed by atoms with Gasteiger partial charge in [-0.1, -0.05) is 28.9 Å². The van der Waals surface area contributed by atoms with E-state index >= 15 is 0 Å². The monoisotopic (exact) mass is 356 g/mol. The van der Waals surface area contributed by atoms with Gasteiger partial charge in [0.1, 0.15) is 5.82 Å². The Kier molecular flexibility index (Phi) is 4.38. The van der Waals surface area contributed by atoms with E-state index < -0.39 is 0 Å². The molecule has 128 valence electrons. The van der Waals surface area contributed by atoms with E-state index in [4.69, 9.17) is 16.1 Å². The average Bonchev–Trinajstić information content (AvgIpc) is 3.12. The fraction of sp³-hybridized carbons (Fsp3) is 0.278. The van der Waals surface area contributed by atoms with Crippen molar-refractivity contribution in [2.75, 3.05) is 18.0 Å². The molecule has 1 aliphatic rings. The van der Waals surface area contributed by atoms with E-state index in [0.29, 0.717) is 23.3 Å². The molecule has 0 amide bonds. The molecule has 6 nitrogen and oxygen atoms in total. The lowest BCUT2D eigenvalue weighted by Crippen LogP contribution is -2.38. The van der Waals surface area contributed by atoms with Gasteiger partial charge < -0.3 is 14.5 Å². The summed E-state index contributed by atoms with van der Waals surface area (Å²) < 4.78 is 5.35. The van der Waals surface area contributed by atoms with Crippen LogP contribution in [0.5, 0.6) is 0 Å². The maximum absolute atomic E-state index is 9.79. The molecule has 25 heavy (non-hydrogen) atoms. The van der Waals surface area contributed by atoms with Crippen LogP contribution in [0, 0.1) is 0 Å². The summed E-state index contributed by atoms with van der Waals surface area (Å²) in [7, 11) is 0. The number of rotatable bonds is 3. The van der Waals surface area contributed by atoms with Gasteiger partial charge in [0.05, 0.1) is 11.7 Å². The molecule has 2 aromatic heterocycles. The number of benzene rings is 1. The molecular formula is C18H17ClN4O2. The molecular weight excluding hydrogens is 340 g/mol. The van der Waals surface area contributed by atoms with Crippen LogP contribution in [-0.4, -0.2) is 39.4 Å². The van der Waals surface area contributed by atoms with Crippen molar-refractivity contribution in [2.24, 2.45) is 0 Å². The lowest BCUT2D eigenvalue weighted by molar-refractivity contribution is 0.154. The van der Waals surface area contributed by atoms with Gasteiger partial charge >= 0.3 is 0 Å². The Balaban J connectivity index is 1.54. The number of hydrogen-bond acceptors (Lipinski definition) is 6. The highest BCUT2D eigenvalue weighted by molar-refractivity contribution is 6.30. The topological polar surface area (TPSA) is 75.3 Å². The largest absolute Gasteiger partial charge is 0.391 e. The molecule has 3 heterocycles. The Morgan fingerprint density at radius 2 is 2.12 bits per heavy atom. The van der Waals surface area contributed by atoms with E-state index in [1.807, 2.05) is 24.3 Å². The third-order valence-electron chi connectivity index (χ3n) is 4.22. The van der Waals surface area contributed by atoms with Gasteiger partial charge in [0.25, 0.3) is 5.89 Å². The number of piperidine rings is 1. The molecule has 1 saturated heterocycles. The Hall–Kier alpha value is -2.44. The lowest BCUT2D eigenvalue weighted by atomic mass is 10.1. The fourth-order valence-electron chi connectivity index (χ4n) is 2.95. The summed E-state index contributed by atoms with van der Waals surface area (Å²) in [6, 6.07) is 11.1. The number of aromatic nitrogens is 3. The van der Waals surface area contributed by atoms with Crippen molar-refractivity contribution in [3.63, 3.8) is 0 Å². The smallest absolute Gasteiger partial charge is 0.259 e. The quantitative estimate of drug-likeness (QED) is 0.775. The summed E-state index contributed by atoms with van der Waals surface area (Å²) >= 11 is 6.00. The molecule has 0 aliphatic carbocycles. The Morgan fingerprint density at radius 1 is 1.20 bits per heavy atom. The van der Waals surface area contributed by atoms with E-state index in [9.17, 15) is 5.11 Å². The molecule has 1 fully saturated rings. The summed E-state index contributed by atoms with van der Waals surface area (Å²) in [5.41, 5.74) is 1.55. The highest BCUT2D eigenvalue weighted by atomic mass is 35.5. The van der Waals surface area contributed by atoms with Crippen LogP contribution in [0.15, 0.2) is 47.1 Å². The SMILES string of the molecule is OC1CCCN(c2ccc(-c3nc(-c4cccc(Cl)c4)no3)cn2)C1. The molecule has 0 bridgehead atoms. The third-order valence-corrected chi connectivity index (χ3v) is 4.46. The first kappa shape index (κ1) is 16.1. The number of aliphatic hydroxyl groups is 1. The minimum absolute atomic E-state index is 0.286. The molecule has 0 spiro atoms. The summed E-state index contributed by atoms with van der Waals surface area (Å²) in [6.45, 7) is 1.52. The van der Waals surface area contributed by atoms with Gasteiger partial charge in [-0.25, -0.2) is 4.98 Å². The van der Waals surface area contributed by atoms with Crippen molar-refractivity contribution >= 4 is 17.4 Å². The molecule has 1 aliphatic heterocycles. The van der Waals surface area contributed by atoms with Crippen LogP contribution in [0.3, 0.4) is 0 Å². The standard InChI is InChI=1S/C18H17ClN4O2/c19-14-4-1-3-12(9-14)17-21-18(25-22-17)13-6-7-16(20-10-13)23-8-2-5-15(24)11-23/h1,3-4,6-7,9-10,15,24H,2,5,8,11H2. The minimum Gasteiger partial charge on any atom is -0.391 e. The number of hydrogen-bond donors (Lipinski definition) is 1. The Bertz CT molecular complexity index is 866. The van der Waals surface area contributed by atoms with Crippen LogP contribution in [-0.2, 0) is 0 Å². The van der Waals surface area contributed by atoms with Gasteiger partial charge in [0.15, 0.2) is 0 Å². The van der Waals surface area contributed by atoms with Crippen LogP contribution >= 0.6 is 11.6 Å². The van der Waals surface area contributed by atoms with E-state index in [0.717, 1.165) is 36.3 Å². The van der Waals surface area contributed by atoms with Gasteiger partial charge in [-0.05, 0) is 37.1 Å². The van der Waals surface area contributed by atoms with Crippen molar-refractivity contribution in [3.05, 3.63) is 47.6 Å². The van der Waals surface area contributed by atoms with Gasteiger partial charge in [-0.2, -0.15) is 4.98 Å². The maximum atomic E-state index is 9.79. The van der Waals surface area contributed by atoms with E-state index in [1.165, 1.54) is 0 Å². The highest BCUT2D eigenvalue weighted by Crippen LogP contribution is 2.25. The van der Waals surface area contributed by atoms with Crippen molar-refractivity contribution in [1.29, 1.82) is 0 Å². The second-order valence-corrected chi connectivity index (χ2v) is 6.52. The van der Waals surface area contributed by atoms with Gasteiger partial charge in [-0.15, -0.1) is 0 Å². The van der Waals surface area contributed by atoms with Crippen molar-refractivity contribution in [3.8, 4) is 22.8 Å². The van der Waals surface area contributed by atoms with Crippen LogP contribution in [0.4, 0.5) is 5.82 Å². The number of anilines is 1. The molecule has 0 radical (unpaired) electrons. The fourth-order valence-corrected chi connectivity index (χ4v) is 3.14. The molecule has 1 atom stereocenters. The molecule has 3 aromatic rings. The van der Waals surface area contributed by atoms with Crippen molar-refractivity contribution in [2.45, 2.75) is 18.9 Å². The predicted octanol–water partition coefficient (Wildman–Crippen LogP) is 3.41. The highest BCUT2D eigenvalue weighted by Gasteiger charge is 2.19. The molecule has 1 N–H and O–H groups in total. The van der Waals surface area contributed by atoms with Crippen molar-refractivity contribution < 1.29 is 9.63 Å². The zero-order valence-electron chi connectivity index (χ0n) is 13.5. The molecule has 1 unspecified atom stereocenters. The minimum atomic E-state index is -0.286. The zero-order chi connectivity index (χ0) is 17.2. The van der Waals surface area contributed by atoms with Gasteiger partial charge in [-0.3, -0.25) is 0 Å². The second kappa shape index (κ2) is 6.82. The molecule has 4 rings (SSSR count). The first-order valence-corrected chi connectivity index (χ1v) is 8.56. The predicted molar refractivity (Wildman–Crippen MR) is 95.4 cm³/mol. The number of pyridine rings is 1. The Labute approximate surface area is 150 Å². The molecule has 0 saturated carbocycles. The van der Waals surface area contributed by atoms with E-state index in [1.54, 1.807) is 18.3 Å². The lowest BCUT2D eigenvalue weighted by Gasteiger charge is -2.30. The normalized spacial score (nSPS) is 17.7. The van der Waals surface area contributed by atoms with Crippen molar-refractivity contribution in [1.82, 2.24) is 15.1 Å². The summed E-state index contributed by atoms with van der Waals surface area (Å²) in [5.74, 6) is 1.74. The number of β-amino-alcohol motifs (C(OH)–C–C–N with tert-alkyl or cyclic N) is 1. The summed E-state index contributed by atoms with van der Waals surface area (Å²) in [5, 5.41) is 14.4. The second-order valence-electron chi connectivity index (χ2n) is 6.08. The zero-order valence-corrected chi connectivity index (χ0v) is 14.2. The number of aliphatic hydroxyl groups excluding tert-OH is 1. The van der Waals surface area contributed by atoms with Gasteiger partial charge in [0.2, 0.25) is 5.82 Å².